The van der Waals surface area contributed by atoms with Gasteiger partial charge in [0.05, 0.1) is 24.3 Å². The summed E-state index contributed by atoms with van der Waals surface area (Å²) in [5, 5.41) is 29.1. The highest BCUT2D eigenvalue weighted by molar-refractivity contribution is 8.00. The fourth-order valence-corrected chi connectivity index (χ4v) is 4.67. The third-order valence-electron chi connectivity index (χ3n) is 5.19. The van der Waals surface area contributed by atoms with Gasteiger partial charge in [-0.15, -0.1) is 0 Å². The second kappa shape index (κ2) is 9.69. The van der Waals surface area contributed by atoms with Gasteiger partial charge in [-0.05, 0) is 36.1 Å². The number of nitriles is 2. The average molecular weight is 438 g/mol. The number of hydrogen-bond donors (Lipinski definition) is 2. The molecule has 3 N–H and O–H groups in total. The van der Waals surface area contributed by atoms with Crippen LogP contribution in [0.2, 0.25) is 0 Å². The van der Waals surface area contributed by atoms with Crippen LogP contribution in [0.3, 0.4) is 0 Å². The van der Waals surface area contributed by atoms with Crippen LogP contribution in [0.5, 0.6) is 5.75 Å². The number of ether oxygens (including phenoxy) is 1. The van der Waals surface area contributed by atoms with E-state index in [1.54, 1.807) is 31.4 Å². The molecule has 0 aliphatic carbocycles. The first-order chi connectivity index (χ1) is 14.9. The molecule has 8 nitrogen and oxygen atoms in total. The maximum atomic E-state index is 12.3. The molecule has 1 aromatic carbocycles. The van der Waals surface area contributed by atoms with E-state index in [1.807, 2.05) is 11.8 Å². The molecule has 1 amide bonds. The SMILES string of the molecule is CCc1c(C#N)c(SC(C(N)=O)c2ccc(OC)cc2)nc(N2CC[C@H](O)C2)c1C#N. The van der Waals surface area contributed by atoms with Gasteiger partial charge >= 0.3 is 0 Å². The Hall–Kier alpha value is -3.27. The van der Waals surface area contributed by atoms with Gasteiger partial charge in [0.2, 0.25) is 5.91 Å². The van der Waals surface area contributed by atoms with Crippen molar-refractivity contribution in [1.82, 2.24) is 4.98 Å². The second-order valence-corrected chi connectivity index (χ2v) is 8.20. The smallest absolute Gasteiger partial charge is 0.235 e. The summed E-state index contributed by atoms with van der Waals surface area (Å²) in [5.74, 6) is 0.506. The standard InChI is InChI=1S/C22H23N5O3S/c1-3-16-17(10-23)21(27-9-8-14(28)12-27)26-22(18(16)11-24)31-19(20(25)29)13-4-6-15(30-2)7-5-13/h4-7,14,19,28H,3,8-9,12H2,1-2H3,(H2,25,29)/t14-,19?/m0/s1. The van der Waals surface area contributed by atoms with Gasteiger partial charge in [0, 0.05) is 13.1 Å². The van der Waals surface area contributed by atoms with Crippen LogP contribution in [0.25, 0.3) is 0 Å². The minimum Gasteiger partial charge on any atom is -0.497 e. The second-order valence-electron chi connectivity index (χ2n) is 7.11. The Morgan fingerprint density at radius 1 is 1.35 bits per heavy atom. The first kappa shape index (κ1) is 22.4. The summed E-state index contributed by atoms with van der Waals surface area (Å²) in [6.45, 7) is 2.78. The predicted molar refractivity (Wildman–Crippen MR) is 117 cm³/mol. The van der Waals surface area contributed by atoms with Crippen molar-refractivity contribution in [3.8, 4) is 17.9 Å². The first-order valence-corrected chi connectivity index (χ1v) is 10.7. The monoisotopic (exact) mass is 437 g/mol. The van der Waals surface area contributed by atoms with Crippen molar-refractivity contribution < 1.29 is 14.6 Å². The van der Waals surface area contributed by atoms with Crippen molar-refractivity contribution in [1.29, 1.82) is 10.5 Å². The summed E-state index contributed by atoms with van der Waals surface area (Å²) < 4.78 is 5.17. The zero-order valence-electron chi connectivity index (χ0n) is 17.3. The number of anilines is 1. The van der Waals surface area contributed by atoms with Crippen LogP contribution >= 0.6 is 11.8 Å². The Morgan fingerprint density at radius 3 is 2.52 bits per heavy atom. The molecule has 2 atom stereocenters. The molecule has 3 rings (SSSR count). The number of nitrogens with two attached hydrogens (primary N) is 1. The number of nitrogens with zero attached hydrogens (tertiary/aromatic N) is 4. The molecule has 0 radical (unpaired) electrons. The molecule has 2 heterocycles. The van der Waals surface area contributed by atoms with E-state index in [0.29, 0.717) is 59.2 Å². The zero-order valence-corrected chi connectivity index (χ0v) is 18.1. The Labute approximate surface area is 185 Å². The molecule has 0 saturated carbocycles. The van der Waals surface area contributed by atoms with Crippen LogP contribution in [0.15, 0.2) is 29.3 Å². The lowest BCUT2D eigenvalue weighted by Gasteiger charge is -2.22. The zero-order chi connectivity index (χ0) is 22.5. The Morgan fingerprint density at radius 2 is 2.03 bits per heavy atom. The Kier molecular flexibility index (Phi) is 7.01. The summed E-state index contributed by atoms with van der Waals surface area (Å²) in [6.07, 6.45) is 0.532. The minimum absolute atomic E-state index is 0.271. The van der Waals surface area contributed by atoms with Crippen LogP contribution in [0.4, 0.5) is 5.82 Å². The number of hydrogen-bond acceptors (Lipinski definition) is 8. The molecule has 1 unspecified atom stereocenters. The van der Waals surface area contributed by atoms with Crippen molar-refractivity contribution >= 4 is 23.5 Å². The molecule has 0 spiro atoms. The number of benzene rings is 1. The largest absolute Gasteiger partial charge is 0.497 e. The van der Waals surface area contributed by atoms with E-state index >= 15 is 0 Å². The third kappa shape index (κ3) is 4.58. The number of rotatable bonds is 7. The van der Waals surface area contributed by atoms with Crippen LogP contribution in [0, 0.1) is 22.7 Å². The van der Waals surface area contributed by atoms with E-state index in [9.17, 15) is 20.4 Å². The van der Waals surface area contributed by atoms with E-state index in [1.165, 1.54) is 0 Å². The number of pyridine rings is 1. The van der Waals surface area contributed by atoms with E-state index in [-0.39, 0.29) is 5.56 Å². The quantitative estimate of drug-likeness (QED) is 0.630. The molecular weight excluding hydrogens is 414 g/mol. The highest BCUT2D eigenvalue weighted by Crippen LogP contribution is 2.40. The predicted octanol–water partition coefficient (Wildman–Crippen LogP) is 2.29. The van der Waals surface area contributed by atoms with E-state index in [0.717, 1.165) is 11.8 Å². The lowest BCUT2D eigenvalue weighted by molar-refractivity contribution is -0.117. The normalized spacial score (nSPS) is 16.4. The molecule has 1 aromatic heterocycles. The molecule has 1 aliphatic heterocycles. The summed E-state index contributed by atoms with van der Waals surface area (Å²) in [6, 6.07) is 11.3. The van der Waals surface area contributed by atoms with E-state index in [4.69, 9.17) is 10.5 Å². The Balaban J connectivity index is 2.10. The van der Waals surface area contributed by atoms with Crippen molar-refractivity contribution in [3.05, 3.63) is 46.5 Å². The van der Waals surface area contributed by atoms with Crippen LogP contribution in [0.1, 0.15) is 40.8 Å². The molecule has 31 heavy (non-hydrogen) atoms. The fraction of sp³-hybridized carbons (Fsp3) is 0.364. The summed E-state index contributed by atoms with van der Waals surface area (Å²) in [7, 11) is 1.55. The molecule has 1 aliphatic rings. The van der Waals surface area contributed by atoms with Crippen LogP contribution in [-0.4, -0.2) is 42.3 Å². The number of carbonyl (C=O) groups excluding carboxylic acids is 1. The number of methoxy groups -OCH3 is 1. The summed E-state index contributed by atoms with van der Waals surface area (Å²) in [5.41, 5.74) is 7.53. The van der Waals surface area contributed by atoms with Gasteiger partial charge in [-0.25, -0.2) is 4.98 Å². The fourth-order valence-electron chi connectivity index (χ4n) is 3.61. The van der Waals surface area contributed by atoms with Crippen molar-refractivity contribution in [2.45, 2.75) is 36.1 Å². The summed E-state index contributed by atoms with van der Waals surface area (Å²) >= 11 is 1.09. The van der Waals surface area contributed by atoms with Crippen molar-refractivity contribution in [3.63, 3.8) is 0 Å². The highest BCUT2D eigenvalue weighted by atomic mass is 32.2. The van der Waals surface area contributed by atoms with Gasteiger partial charge in [-0.1, -0.05) is 30.8 Å². The number of primary amides is 1. The number of aliphatic hydroxyl groups is 1. The molecule has 2 aromatic rings. The number of aliphatic hydroxyl groups excluding tert-OH is 1. The van der Waals surface area contributed by atoms with E-state index in [2.05, 4.69) is 17.1 Å². The number of carbonyl (C=O) groups is 1. The van der Waals surface area contributed by atoms with Gasteiger partial charge < -0.3 is 20.5 Å². The van der Waals surface area contributed by atoms with Gasteiger partial charge in [-0.3, -0.25) is 4.79 Å². The summed E-state index contributed by atoms with van der Waals surface area (Å²) in [4.78, 5) is 18.8. The van der Waals surface area contributed by atoms with Crippen LogP contribution < -0.4 is 15.4 Å². The molecule has 0 bridgehead atoms. The number of aromatic nitrogens is 1. The van der Waals surface area contributed by atoms with Gasteiger partial charge in [-0.2, -0.15) is 10.5 Å². The number of thioether (sulfide) groups is 1. The highest BCUT2D eigenvalue weighted by Gasteiger charge is 2.30. The average Bonchev–Trinajstić information content (AvgIpc) is 3.22. The Bertz CT molecular complexity index is 1060. The molecule has 1 fully saturated rings. The minimum atomic E-state index is -0.778. The van der Waals surface area contributed by atoms with Gasteiger partial charge in [0.1, 0.15) is 34.0 Å². The third-order valence-corrected chi connectivity index (χ3v) is 6.45. The van der Waals surface area contributed by atoms with Crippen molar-refractivity contribution in [2.24, 2.45) is 5.73 Å². The van der Waals surface area contributed by atoms with Crippen molar-refractivity contribution in [2.75, 3.05) is 25.1 Å². The van der Waals surface area contributed by atoms with Gasteiger partial charge in [0.15, 0.2) is 0 Å². The maximum absolute atomic E-state index is 12.3. The molecular formula is C22H23N5O3S. The van der Waals surface area contributed by atoms with Crippen LogP contribution in [-0.2, 0) is 11.2 Å². The topological polar surface area (TPSA) is 136 Å². The number of amides is 1. The maximum Gasteiger partial charge on any atom is 0.235 e. The molecule has 9 heteroatoms. The molecule has 160 valence electrons. The van der Waals surface area contributed by atoms with E-state index < -0.39 is 17.3 Å². The molecule has 1 saturated heterocycles. The lowest BCUT2D eigenvalue weighted by atomic mass is 10.0. The number of β-amino-alcohol motifs (C(OH)–C–C–N with tert-alkyl or cyclic N) is 1. The van der Waals surface area contributed by atoms with Gasteiger partial charge in [0.25, 0.3) is 0 Å². The first-order valence-electron chi connectivity index (χ1n) is 9.83. The lowest BCUT2D eigenvalue weighted by Crippen LogP contribution is -2.25.